The van der Waals surface area contributed by atoms with Gasteiger partial charge in [-0.3, -0.25) is 0 Å². The largest absolute Gasteiger partial charge is 0.398 e. The summed E-state index contributed by atoms with van der Waals surface area (Å²) in [4.78, 5) is 0. The fraction of sp³-hybridized carbons (Fsp3) is 0.533. The highest BCUT2D eigenvalue weighted by Crippen LogP contribution is 2.37. The first-order valence-electron chi connectivity index (χ1n) is 7.44. The highest BCUT2D eigenvalue weighted by molar-refractivity contribution is 5.71. The van der Waals surface area contributed by atoms with Crippen molar-refractivity contribution in [3.8, 4) is 11.4 Å². The van der Waals surface area contributed by atoms with Crippen LogP contribution in [0.25, 0.3) is 11.4 Å². The van der Waals surface area contributed by atoms with E-state index in [2.05, 4.69) is 22.4 Å². The van der Waals surface area contributed by atoms with Crippen molar-refractivity contribution in [1.29, 1.82) is 0 Å². The molecule has 0 radical (unpaired) electrons. The lowest BCUT2D eigenvalue weighted by molar-refractivity contribution is 0.216. The van der Waals surface area contributed by atoms with E-state index < -0.39 is 0 Å². The molecule has 0 saturated heterocycles. The first-order valence-corrected chi connectivity index (χ1v) is 7.44. The molecule has 5 heteroatoms. The fourth-order valence-electron chi connectivity index (χ4n) is 3.28. The van der Waals surface area contributed by atoms with Crippen LogP contribution in [0.4, 0.5) is 5.69 Å². The molecule has 106 valence electrons. The summed E-state index contributed by atoms with van der Waals surface area (Å²) in [5.74, 6) is 1.46. The Hall–Kier alpha value is -1.91. The zero-order valence-electron chi connectivity index (χ0n) is 11.9. The van der Waals surface area contributed by atoms with Gasteiger partial charge in [0, 0.05) is 11.3 Å². The molecular formula is C15H21N5. The van der Waals surface area contributed by atoms with E-state index in [1.54, 1.807) is 0 Å². The molecule has 20 heavy (non-hydrogen) atoms. The summed E-state index contributed by atoms with van der Waals surface area (Å²) >= 11 is 0. The summed E-state index contributed by atoms with van der Waals surface area (Å²) in [7, 11) is 0. The van der Waals surface area contributed by atoms with Gasteiger partial charge in [0.1, 0.15) is 0 Å². The number of rotatable bonds is 3. The van der Waals surface area contributed by atoms with Crippen LogP contribution in [-0.4, -0.2) is 20.2 Å². The van der Waals surface area contributed by atoms with Crippen molar-refractivity contribution in [2.24, 2.45) is 5.92 Å². The van der Waals surface area contributed by atoms with Gasteiger partial charge in [-0.1, -0.05) is 38.3 Å². The van der Waals surface area contributed by atoms with Gasteiger partial charge in [-0.2, -0.15) is 0 Å². The quantitative estimate of drug-likeness (QED) is 0.871. The third-order valence-corrected chi connectivity index (χ3v) is 4.40. The summed E-state index contributed by atoms with van der Waals surface area (Å²) in [6.07, 6.45) is 6.17. The summed E-state index contributed by atoms with van der Waals surface area (Å²) in [6.45, 7) is 2.25. The van der Waals surface area contributed by atoms with Crippen molar-refractivity contribution in [2.45, 2.75) is 45.1 Å². The number of hydrogen-bond acceptors (Lipinski definition) is 4. The molecule has 1 aromatic heterocycles. The van der Waals surface area contributed by atoms with Gasteiger partial charge >= 0.3 is 0 Å². The standard InChI is InChI=1S/C15H21N5/c1-2-11-7-3-6-10-14(11)20-15(17-18-19-20)12-8-4-5-9-13(12)16/h4-5,8-9,11,14H,2-3,6-7,10,16H2,1H3. The first-order chi connectivity index (χ1) is 9.81. The number of tetrazole rings is 1. The second-order valence-electron chi connectivity index (χ2n) is 5.55. The van der Waals surface area contributed by atoms with Gasteiger partial charge in [0.25, 0.3) is 0 Å². The average Bonchev–Trinajstić information content (AvgIpc) is 2.96. The van der Waals surface area contributed by atoms with Crippen LogP contribution in [0.2, 0.25) is 0 Å². The van der Waals surface area contributed by atoms with Gasteiger partial charge < -0.3 is 5.73 Å². The van der Waals surface area contributed by atoms with Crippen LogP contribution in [0.1, 0.15) is 45.1 Å². The number of nitrogens with zero attached hydrogens (tertiary/aromatic N) is 4. The van der Waals surface area contributed by atoms with Gasteiger partial charge in [0.15, 0.2) is 5.82 Å². The van der Waals surface area contributed by atoms with Gasteiger partial charge in [0.05, 0.1) is 6.04 Å². The lowest BCUT2D eigenvalue weighted by atomic mass is 9.83. The Morgan fingerprint density at radius 1 is 1.25 bits per heavy atom. The van der Waals surface area contributed by atoms with Crippen LogP contribution >= 0.6 is 0 Å². The maximum absolute atomic E-state index is 6.07. The molecule has 3 rings (SSSR count). The summed E-state index contributed by atoms with van der Waals surface area (Å²) in [6, 6.07) is 8.19. The van der Waals surface area contributed by atoms with E-state index in [1.807, 2.05) is 28.9 Å². The molecule has 1 aliphatic carbocycles. The van der Waals surface area contributed by atoms with Crippen LogP contribution in [0.5, 0.6) is 0 Å². The minimum absolute atomic E-state index is 0.401. The smallest absolute Gasteiger partial charge is 0.184 e. The van der Waals surface area contributed by atoms with Crippen molar-refractivity contribution in [2.75, 3.05) is 5.73 Å². The zero-order chi connectivity index (χ0) is 13.9. The Kier molecular flexibility index (Phi) is 3.67. The second-order valence-corrected chi connectivity index (χ2v) is 5.55. The first kappa shape index (κ1) is 13.1. The molecule has 2 unspecified atom stereocenters. The molecule has 2 N–H and O–H groups in total. The number of hydrogen-bond donors (Lipinski definition) is 1. The van der Waals surface area contributed by atoms with Crippen molar-refractivity contribution >= 4 is 5.69 Å². The molecule has 1 saturated carbocycles. The minimum Gasteiger partial charge on any atom is -0.398 e. The molecule has 1 aliphatic rings. The number of anilines is 1. The van der Waals surface area contributed by atoms with E-state index in [-0.39, 0.29) is 0 Å². The highest BCUT2D eigenvalue weighted by Gasteiger charge is 2.28. The van der Waals surface area contributed by atoms with Gasteiger partial charge in [0.2, 0.25) is 0 Å². The van der Waals surface area contributed by atoms with E-state index in [0.717, 1.165) is 23.5 Å². The molecule has 0 amide bonds. The van der Waals surface area contributed by atoms with E-state index >= 15 is 0 Å². The molecule has 2 aromatic rings. The van der Waals surface area contributed by atoms with Crippen LogP contribution in [0.15, 0.2) is 24.3 Å². The zero-order valence-corrected chi connectivity index (χ0v) is 11.9. The normalized spacial score (nSPS) is 22.9. The minimum atomic E-state index is 0.401. The maximum Gasteiger partial charge on any atom is 0.184 e. The Labute approximate surface area is 119 Å². The van der Waals surface area contributed by atoms with Crippen LogP contribution < -0.4 is 5.73 Å². The third kappa shape index (κ3) is 2.28. The fourth-order valence-corrected chi connectivity index (χ4v) is 3.28. The molecular weight excluding hydrogens is 250 g/mol. The number of aromatic nitrogens is 4. The molecule has 1 heterocycles. The van der Waals surface area contributed by atoms with Crippen LogP contribution in [0.3, 0.4) is 0 Å². The highest BCUT2D eigenvalue weighted by atomic mass is 15.6. The van der Waals surface area contributed by atoms with Crippen molar-refractivity contribution in [1.82, 2.24) is 20.2 Å². The molecule has 1 aromatic carbocycles. The molecule has 1 fully saturated rings. The molecule has 0 bridgehead atoms. The summed E-state index contributed by atoms with van der Waals surface area (Å²) in [5.41, 5.74) is 7.73. The number of benzene rings is 1. The predicted molar refractivity (Wildman–Crippen MR) is 79.0 cm³/mol. The topological polar surface area (TPSA) is 69.6 Å². The third-order valence-electron chi connectivity index (χ3n) is 4.40. The van der Waals surface area contributed by atoms with Crippen molar-refractivity contribution < 1.29 is 0 Å². The monoisotopic (exact) mass is 271 g/mol. The molecule has 2 atom stereocenters. The van der Waals surface area contributed by atoms with E-state index in [0.29, 0.717) is 12.0 Å². The number of nitrogen functional groups attached to an aromatic ring is 1. The molecule has 0 aliphatic heterocycles. The summed E-state index contributed by atoms with van der Waals surface area (Å²) in [5, 5.41) is 12.4. The van der Waals surface area contributed by atoms with Crippen LogP contribution in [-0.2, 0) is 0 Å². The van der Waals surface area contributed by atoms with Crippen molar-refractivity contribution in [3.05, 3.63) is 24.3 Å². The SMILES string of the molecule is CCC1CCCCC1n1nnnc1-c1ccccc1N. The molecule has 0 spiro atoms. The van der Waals surface area contributed by atoms with E-state index in [9.17, 15) is 0 Å². The van der Waals surface area contributed by atoms with E-state index in [4.69, 9.17) is 5.73 Å². The Morgan fingerprint density at radius 3 is 2.85 bits per heavy atom. The van der Waals surface area contributed by atoms with E-state index in [1.165, 1.54) is 25.7 Å². The van der Waals surface area contributed by atoms with Crippen LogP contribution in [0, 0.1) is 5.92 Å². The Morgan fingerprint density at radius 2 is 2.05 bits per heavy atom. The predicted octanol–water partition coefficient (Wildman–Crippen LogP) is 3.06. The second kappa shape index (κ2) is 5.61. The molecule has 5 nitrogen and oxygen atoms in total. The average molecular weight is 271 g/mol. The Bertz CT molecular complexity index is 577. The lowest BCUT2D eigenvalue weighted by Crippen LogP contribution is -2.24. The number of nitrogens with two attached hydrogens (primary N) is 1. The maximum atomic E-state index is 6.07. The van der Waals surface area contributed by atoms with Gasteiger partial charge in [-0.05, 0) is 41.3 Å². The summed E-state index contributed by atoms with van der Waals surface area (Å²) < 4.78 is 2.00. The Balaban J connectivity index is 2.00. The number of para-hydroxylation sites is 1. The van der Waals surface area contributed by atoms with Crippen molar-refractivity contribution in [3.63, 3.8) is 0 Å². The lowest BCUT2D eigenvalue weighted by Gasteiger charge is -2.31. The van der Waals surface area contributed by atoms with Gasteiger partial charge in [-0.25, -0.2) is 4.68 Å². The van der Waals surface area contributed by atoms with Gasteiger partial charge in [-0.15, -0.1) is 5.10 Å².